The Morgan fingerprint density at radius 2 is 2.33 bits per heavy atom. The second kappa shape index (κ2) is 5.50. The number of rotatable bonds is 4. The Kier molecular flexibility index (Phi) is 3.78. The van der Waals surface area contributed by atoms with Gasteiger partial charge in [-0.15, -0.1) is 0 Å². The molecule has 6 nitrogen and oxygen atoms in total. The summed E-state index contributed by atoms with van der Waals surface area (Å²) in [6.07, 6.45) is 0.253. The van der Waals surface area contributed by atoms with E-state index in [4.69, 9.17) is 10.5 Å². The van der Waals surface area contributed by atoms with Crippen LogP contribution >= 0.6 is 0 Å². The standard InChI is InChI=1S/C12H15N3O3/c13-3-4-14-11(16)6-8-1-2-10-9(5-8)15-12(17)7-18-10/h1-2,5H,3-4,6-7,13H2,(H,14,16)(H,15,17). The Hall–Kier alpha value is -2.08. The van der Waals surface area contributed by atoms with Gasteiger partial charge in [0.15, 0.2) is 6.61 Å². The second-order valence-electron chi connectivity index (χ2n) is 3.98. The van der Waals surface area contributed by atoms with Crippen LogP contribution in [-0.2, 0) is 16.0 Å². The van der Waals surface area contributed by atoms with Crippen LogP contribution in [0.3, 0.4) is 0 Å². The molecule has 2 amide bonds. The maximum Gasteiger partial charge on any atom is 0.262 e. The summed E-state index contributed by atoms with van der Waals surface area (Å²) in [6, 6.07) is 5.30. The predicted octanol–water partition coefficient (Wildman–Crippen LogP) is -0.365. The fourth-order valence-corrected chi connectivity index (χ4v) is 1.70. The Morgan fingerprint density at radius 3 is 3.11 bits per heavy atom. The molecule has 4 N–H and O–H groups in total. The average molecular weight is 249 g/mol. The van der Waals surface area contributed by atoms with Crippen LogP contribution in [0.5, 0.6) is 5.75 Å². The third-order valence-corrected chi connectivity index (χ3v) is 2.51. The van der Waals surface area contributed by atoms with E-state index in [1.165, 1.54) is 0 Å². The molecule has 1 aliphatic heterocycles. The number of ether oxygens (including phenoxy) is 1. The Morgan fingerprint density at radius 1 is 1.50 bits per heavy atom. The van der Waals surface area contributed by atoms with Gasteiger partial charge in [-0.25, -0.2) is 0 Å². The van der Waals surface area contributed by atoms with Crippen molar-refractivity contribution in [2.45, 2.75) is 6.42 Å². The number of anilines is 1. The van der Waals surface area contributed by atoms with Crippen LogP contribution in [0.2, 0.25) is 0 Å². The number of nitrogens with two attached hydrogens (primary N) is 1. The van der Waals surface area contributed by atoms with E-state index in [9.17, 15) is 9.59 Å². The van der Waals surface area contributed by atoms with E-state index in [0.717, 1.165) is 5.56 Å². The monoisotopic (exact) mass is 249 g/mol. The van der Waals surface area contributed by atoms with Gasteiger partial charge in [-0.1, -0.05) is 6.07 Å². The van der Waals surface area contributed by atoms with Gasteiger partial charge in [0.25, 0.3) is 5.91 Å². The predicted molar refractivity (Wildman–Crippen MR) is 66.3 cm³/mol. The van der Waals surface area contributed by atoms with Gasteiger partial charge in [-0.05, 0) is 17.7 Å². The van der Waals surface area contributed by atoms with E-state index >= 15 is 0 Å². The fourth-order valence-electron chi connectivity index (χ4n) is 1.70. The van der Waals surface area contributed by atoms with Gasteiger partial charge in [0.05, 0.1) is 12.1 Å². The molecule has 2 rings (SSSR count). The lowest BCUT2D eigenvalue weighted by Gasteiger charge is -2.18. The van der Waals surface area contributed by atoms with Crippen molar-refractivity contribution in [2.75, 3.05) is 25.0 Å². The number of benzene rings is 1. The van der Waals surface area contributed by atoms with Crippen LogP contribution in [0, 0.1) is 0 Å². The summed E-state index contributed by atoms with van der Waals surface area (Å²) in [4.78, 5) is 22.7. The Bertz CT molecular complexity index is 474. The molecule has 1 aromatic carbocycles. The number of fused-ring (bicyclic) bond motifs is 1. The molecule has 0 radical (unpaired) electrons. The van der Waals surface area contributed by atoms with Crippen LogP contribution in [0.15, 0.2) is 18.2 Å². The van der Waals surface area contributed by atoms with Crippen LogP contribution in [0.1, 0.15) is 5.56 Å². The lowest BCUT2D eigenvalue weighted by molar-refractivity contribution is -0.120. The van der Waals surface area contributed by atoms with Gasteiger partial charge in [-0.3, -0.25) is 9.59 Å². The summed E-state index contributed by atoms with van der Waals surface area (Å²) >= 11 is 0. The molecule has 0 spiro atoms. The minimum Gasteiger partial charge on any atom is -0.482 e. The minimum absolute atomic E-state index is 0.0311. The third-order valence-electron chi connectivity index (χ3n) is 2.51. The molecule has 0 aromatic heterocycles. The number of carbonyl (C=O) groups excluding carboxylic acids is 2. The fraction of sp³-hybridized carbons (Fsp3) is 0.333. The average Bonchev–Trinajstić information content (AvgIpc) is 2.36. The molecular weight excluding hydrogens is 234 g/mol. The number of hydrogen-bond donors (Lipinski definition) is 3. The number of nitrogens with one attached hydrogen (secondary N) is 2. The van der Waals surface area contributed by atoms with Crippen LogP contribution < -0.4 is 21.1 Å². The highest BCUT2D eigenvalue weighted by Crippen LogP contribution is 2.28. The number of hydrogen-bond acceptors (Lipinski definition) is 4. The summed E-state index contributed by atoms with van der Waals surface area (Å²) in [7, 11) is 0. The largest absolute Gasteiger partial charge is 0.482 e. The zero-order valence-corrected chi connectivity index (χ0v) is 9.86. The van der Waals surface area contributed by atoms with E-state index < -0.39 is 0 Å². The first-order chi connectivity index (χ1) is 8.69. The summed E-state index contributed by atoms with van der Waals surface area (Å²) < 4.78 is 5.23. The molecule has 0 fully saturated rings. The van der Waals surface area contributed by atoms with Crippen molar-refractivity contribution in [2.24, 2.45) is 5.73 Å². The van der Waals surface area contributed by atoms with Crippen molar-refractivity contribution in [3.8, 4) is 5.75 Å². The van der Waals surface area contributed by atoms with Gasteiger partial charge < -0.3 is 21.1 Å². The molecule has 1 aromatic rings. The lowest BCUT2D eigenvalue weighted by Crippen LogP contribution is -2.30. The van der Waals surface area contributed by atoms with Crippen LogP contribution in [0.4, 0.5) is 5.69 Å². The van der Waals surface area contributed by atoms with Crippen molar-refractivity contribution in [3.05, 3.63) is 23.8 Å². The smallest absolute Gasteiger partial charge is 0.262 e. The van der Waals surface area contributed by atoms with Crippen LogP contribution in [0.25, 0.3) is 0 Å². The van der Waals surface area contributed by atoms with E-state index in [1.54, 1.807) is 18.2 Å². The van der Waals surface area contributed by atoms with E-state index in [1.807, 2.05) is 0 Å². The van der Waals surface area contributed by atoms with Crippen molar-refractivity contribution < 1.29 is 14.3 Å². The molecule has 0 aliphatic carbocycles. The van der Waals surface area contributed by atoms with Crippen molar-refractivity contribution >= 4 is 17.5 Å². The van der Waals surface area contributed by atoms with Crippen molar-refractivity contribution in [1.82, 2.24) is 5.32 Å². The molecule has 0 atom stereocenters. The van der Waals surface area contributed by atoms with E-state index in [-0.39, 0.29) is 24.8 Å². The molecule has 0 saturated carbocycles. The summed E-state index contributed by atoms with van der Waals surface area (Å²) in [5.74, 6) is 0.344. The number of carbonyl (C=O) groups is 2. The lowest BCUT2D eigenvalue weighted by atomic mass is 10.1. The quantitative estimate of drug-likeness (QED) is 0.679. The van der Waals surface area contributed by atoms with Gasteiger partial charge in [0.1, 0.15) is 5.75 Å². The molecule has 1 aliphatic rings. The maximum atomic E-state index is 11.5. The van der Waals surface area contributed by atoms with Crippen molar-refractivity contribution in [1.29, 1.82) is 0 Å². The topological polar surface area (TPSA) is 93.5 Å². The highest BCUT2D eigenvalue weighted by Gasteiger charge is 2.16. The van der Waals surface area contributed by atoms with Crippen molar-refractivity contribution in [3.63, 3.8) is 0 Å². The summed E-state index contributed by atoms with van der Waals surface area (Å²) in [5.41, 5.74) is 6.72. The van der Waals surface area contributed by atoms with Crippen LogP contribution in [-0.4, -0.2) is 31.5 Å². The normalized spacial score (nSPS) is 13.3. The zero-order valence-electron chi connectivity index (χ0n) is 9.86. The molecule has 6 heteroatoms. The first-order valence-corrected chi connectivity index (χ1v) is 5.71. The third kappa shape index (κ3) is 2.98. The summed E-state index contributed by atoms with van der Waals surface area (Å²) in [5, 5.41) is 5.39. The first kappa shape index (κ1) is 12.4. The first-order valence-electron chi connectivity index (χ1n) is 5.71. The van der Waals surface area contributed by atoms with Gasteiger partial charge in [0.2, 0.25) is 5.91 Å². The molecule has 0 bridgehead atoms. The highest BCUT2D eigenvalue weighted by molar-refractivity contribution is 5.95. The van der Waals surface area contributed by atoms with E-state index in [2.05, 4.69) is 10.6 Å². The SMILES string of the molecule is NCCNC(=O)Cc1ccc2c(c1)NC(=O)CO2. The Labute approximate surface area is 104 Å². The van der Waals surface area contributed by atoms with Gasteiger partial charge >= 0.3 is 0 Å². The molecule has 0 unspecified atom stereocenters. The highest BCUT2D eigenvalue weighted by atomic mass is 16.5. The van der Waals surface area contributed by atoms with Gasteiger partial charge in [0, 0.05) is 13.1 Å². The Balaban J connectivity index is 2.04. The molecule has 0 saturated heterocycles. The molecule has 18 heavy (non-hydrogen) atoms. The van der Waals surface area contributed by atoms with Gasteiger partial charge in [-0.2, -0.15) is 0 Å². The molecule has 1 heterocycles. The maximum absolute atomic E-state index is 11.5. The molecular formula is C12H15N3O3. The molecule has 96 valence electrons. The minimum atomic E-state index is -0.188. The second-order valence-corrected chi connectivity index (χ2v) is 3.98. The van der Waals surface area contributed by atoms with E-state index in [0.29, 0.717) is 24.5 Å². The number of amides is 2. The summed E-state index contributed by atoms with van der Waals surface area (Å²) in [6.45, 7) is 0.910. The zero-order chi connectivity index (χ0) is 13.0.